The van der Waals surface area contributed by atoms with Crippen LogP contribution in [0, 0.1) is 0 Å². The molecule has 2 aromatic rings. The van der Waals surface area contributed by atoms with Crippen molar-refractivity contribution in [3.8, 4) is 5.75 Å². The lowest BCUT2D eigenvalue weighted by Crippen LogP contribution is -2.43. The van der Waals surface area contributed by atoms with Gasteiger partial charge in [0.2, 0.25) is 0 Å². The Kier molecular flexibility index (Phi) is 4.06. The predicted molar refractivity (Wildman–Crippen MR) is 96.4 cm³/mol. The van der Waals surface area contributed by atoms with Gasteiger partial charge in [0.1, 0.15) is 11.8 Å². The van der Waals surface area contributed by atoms with Crippen molar-refractivity contribution in [1.82, 2.24) is 5.32 Å². The number of carbonyl (C=O) groups excluding carboxylic acids is 1. The second kappa shape index (κ2) is 6.37. The largest absolute Gasteiger partial charge is 0.497 e. The first kappa shape index (κ1) is 15.9. The topological polar surface area (TPSA) is 47.6 Å². The number of ether oxygens (including phenoxy) is 2. The zero-order valence-corrected chi connectivity index (χ0v) is 14.4. The molecular formula is C21H21NO3. The lowest BCUT2D eigenvalue weighted by Gasteiger charge is -2.32. The Balaban J connectivity index is 1.76. The Morgan fingerprint density at radius 3 is 2.56 bits per heavy atom. The van der Waals surface area contributed by atoms with E-state index < -0.39 is 0 Å². The van der Waals surface area contributed by atoms with Crippen molar-refractivity contribution in [2.24, 2.45) is 0 Å². The van der Waals surface area contributed by atoms with E-state index in [1.807, 2.05) is 12.1 Å². The highest BCUT2D eigenvalue weighted by Crippen LogP contribution is 2.44. The minimum absolute atomic E-state index is 0.00570. The molecule has 4 rings (SSSR count). The molecule has 0 saturated heterocycles. The molecule has 2 aliphatic rings. The average Bonchev–Trinajstić information content (AvgIpc) is 3.05. The molecule has 0 fully saturated rings. The van der Waals surface area contributed by atoms with E-state index in [2.05, 4.69) is 41.7 Å². The summed E-state index contributed by atoms with van der Waals surface area (Å²) in [6.45, 7) is 0. The second-order valence-electron chi connectivity index (χ2n) is 6.49. The molecule has 2 aromatic carbocycles. The van der Waals surface area contributed by atoms with Gasteiger partial charge in [0.15, 0.2) is 0 Å². The van der Waals surface area contributed by atoms with E-state index in [0.717, 1.165) is 17.7 Å². The van der Waals surface area contributed by atoms with Crippen molar-refractivity contribution in [1.29, 1.82) is 0 Å². The Hall–Kier alpha value is -2.59. The van der Waals surface area contributed by atoms with Crippen LogP contribution in [-0.2, 0) is 16.0 Å². The quantitative estimate of drug-likeness (QED) is 0.875. The number of carbonyl (C=O) groups is 1. The van der Waals surface area contributed by atoms with Gasteiger partial charge in [-0.2, -0.15) is 0 Å². The molecule has 0 amide bonds. The molecule has 4 heteroatoms. The first-order chi connectivity index (χ1) is 12.2. The smallest absolute Gasteiger partial charge is 0.323 e. The van der Waals surface area contributed by atoms with Gasteiger partial charge in [-0.25, -0.2) is 0 Å². The highest BCUT2D eigenvalue weighted by atomic mass is 16.5. The van der Waals surface area contributed by atoms with Crippen molar-refractivity contribution in [3.05, 3.63) is 70.8 Å². The third kappa shape index (κ3) is 2.72. The summed E-state index contributed by atoms with van der Waals surface area (Å²) in [5.41, 5.74) is 6.37. The molecule has 4 nitrogen and oxygen atoms in total. The number of hydrogen-bond acceptors (Lipinski definition) is 4. The van der Waals surface area contributed by atoms with E-state index in [4.69, 9.17) is 9.47 Å². The molecule has 2 atom stereocenters. The summed E-state index contributed by atoms with van der Waals surface area (Å²) in [5.74, 6) is 0.613. The van der Waals surface area contributed by atoms with Gasteiger partial charge in [-0.3, -0.25) is 10.1 Å². The molecule has 0 spiro atoms. The molecular weight excluding hydrogens is 314 g/mol. The zero-order valence-electron chi connectivity index (χ0n) is 14.4. The fourth-order valence-corrected chi connectivity index (χ4v) is 3.92. The SMILES string of the molecule is COC(=O)C1CC2=C(Cc3ccccc32)C(c2ccc(OC)cc2)N1. The van der Waals surface area contributed by atoms with Gasteiger partial charge in [-0.15, -0.1) is 0 Å². The van der Waals surface area contributed by atoms with Crippen LogP contribution in [-0.4, -0.2) is 26.2 Å². The fraction of sp³-hybridized carbons (Fsp3) is 0.286. The number of nitrogens with one attached hydrogen (secondary N) is 1. The van der Waals surface area contributed by atoms with E-state index in [-0.39, 0.29) is 18.1 Å². The molecule has 0 saturated carbocycles. The Morgan fingerprint density at radius 1 is 1.08 bits per heavy atom. The van der Waals surface area contributed by atoms with Crippen LogP contribution in [0.5, 0.6) is 5.75 Å². The summed E-state index contributed by atoms with van der Waals surface area (Å²) in [5, 5.41) is 3.49. The number of benzene rings is 2. The van der Waals surface area contributed by atoms with E-state index in [1.54, 1.807) is 7.11 Å². The third-order valence-electron chi connectivity index (χ3n) is 5.17. The van der Waals surface area contributed by atoms with Crippen LogP contribution in [0.15, 0.2) is 54.1 Å². The highest BCUT2D eigenvalue weighted by Gasteiger charge is 2.37. The molecule has 1 aliphatic heterocycles. The van der Waals surface area contributed by atoms with Gasteiger partial charge < -0.3 is 9.47 Å². The van der Waals surface area contributed by atoms with Crippen molar-refractivity contribution < 1.29 is 14.3 Å². The van der Waals surface area contributed by atoms with Crippen molar-refractivity contribution in [2.45, 2.75) is 24.9 Å². The summed E-state index contributed by atoms with van der Waals surface area (Å²) >= 11 is 0. The van der Waals surface area contributed by atoms with E-state index in [1.165, 1.54) is 29.4 Å². The van der Waals surface area contributed by atoms with Crippen LogP contribution in [0.2, 0.25) is 0 Å². The summed E-state index contributed by atoms with van der Waals surface area (Å²) in [7, 11) is 3.11. The maximum Gasteiger partial charge on any atom is 0.323 e. The summed E-state index contributed by atoms with van der Waals surface area (Å²) in [6, 6.07) is 16.2. The fourth-order valence-electron chi connectivity index (χ4n) is 3.92. The maximum atomic E-state index is 12.2. The van der Waals surface area contributed by atoms with Crippen molar-refractivity contribution >= 4 is 11.5 Å². The van der Waals surface area contributed by atoms with Crippen LogP contribution in [0.25, 0.3) is 5.57 Å². The van der Waals surface area contributed by atoms with Crippen LogP contribution >= 0.6 is 0 Å². The van der Waals surface area contributed by atoms with Gasteiger partial charge in [-0.1, -0.05) is 36.4 Å². The molecule has 1 N–H and O–H groups in total. The minimum Gasteiger partial charge on any atom is -0.497 e. The first-order valence-corrected chi connectivity index (χ1v) is 8.49. The van der Waals surface area contributed by atoms with Crippen LogP contribution < -0.4 is 10.1 Å². The Morgan fingerprint density at radius 2 is 1.84 bits per heavy atom. The number of hydrogen-bond donors (Lipinski definition) is 1. The van der Waals surface area contributed by atoms with Gasteiger partial charge in [-0.05, 0) is 52.8 Å². The molecule has 0 bridgehead atoms. The molecule has 1 aliphatic carbocycles. The first-order valence-electron chi connectivity index (χ1n) is 8.49. The minimum atomic E-state index is -0.331. The monoisotopic (exact) mass is 335 g/mol. The van der Waals surface area contributed by atoms with E-state index in [0.29, 0.717) is 6.42 Å². The van der Waals surface area contributed by atoms with E-state index in [9.17, 15) is 4.79 Å². The lowest BCUT2D eigenvalue weighted by atomic mass is 9.87. The van der Waals surface area contributed by atoms with Crippen LogP contribution in [0.1, 0.15) is 29.2 Å². The van der Waals surface area contributed by atoms with Gasteiger partial charge >= 0.3 is 5.97 Å². The van der Waals surface area contributed by atoms with E-state index >= 15 is 0 Å². The second-order valence-corrected chi connectivity index (χ2v) is 6.49. The van der Waals surface area contributed by atoms with Gasteiger partial charge in [0, 0.05) is 0 Å². The van der Waals surface area contributed by atoms with Gasteiger partial charge in [0.05, 0.1) is 20.3 Å². The Bertz CT molecular complexity index is 838. The third-order valence-corrected chi connectivity index (χ3v) is 5.17. The number of rotatable bonds is 3. The van der Waals surface area contributed by atoms with Crippen LogP contribution in [0.3, 0.4) is 0 Å². The lowest BCUT2D eigenvalue weighted by molar-refractivity contribution is -0.143. The summed E-state index contributed by atoms with van der Waals surface area (Å²) in [6.07, 6.45) is 1.59. The Labute approximate surface area is 147 Å². The number of methoxy groups -OCH3 is 2. The zero-order chi connectivity index (χ0) is 17.4. The predicted octanol–water partition coefficient (Wildman–Crippen LogP) is 3.28. The molecule has 1 heterocycles. The summed E-state index contributed by atoms with van der Waals surface area (Å²) in [4.78, 5) is 12.2. The summed E-state index contributed by atoms with van der Waals surface area (Å²) < 4.78 is 10.3. The molecule has 0 radical (unpaired) electrons. The number of esters is 1. The molecule has 25 heavy (non-hydrogen) atoms. The van der Waals surface area contributed by atoms with Crippen molar-refractivity contribution in [2.75, 3.05) is 14.2 Å². The highest BCUT2D eigenvalue weighted by molar-refractivity contribution is 5.85. The van der Waals surface area contributed by atoms with Crippen LogP contribution in [0.4, 0.5) is 0 Å². The number of fused-ring (bicyclic) bond motifs is 2. The van der Waals surface area contributed by atoms with Crippen molar-refractivity contribution in [3.63, 3.8) is 0 Å². The maximum absolute atomic E-state index is 12.2. The normalized spacial score (nSPS) is 21.5. The standard InChI is InChI=1S/C21H21NO3/c1-24-15-9-7-13(8-10-15)20-18-11-14-5-3-4-6-16(14)17(18)12-19(22-20)21(23)25-2/h3-10,19-20,22H,11-12H2,1-2H3. The molecule has 0 aromatic heterocycles. The average molecular weight is 335 g/mol. The van der Waals surface area contributed by atoms with Gasteiger partial charge in [0.25, 0.3) is 0 Å². The molecule has 2 unspecified atom stereocenters. The molecule has 128 valence electrons.